The van der Waals surface area contributed by atoms with E-state index in [1.165, 1.54) is 0 Å². The van der Waals surface area contributed by atoms with E-state index in [1.807, 2.05) is 0 Å². The van der Waals surface area contributed by atoms with Gasteiger partial charge in [0.15, 0.2) is 0 Å². The van der Waals surface area contributed by atoms with Gasteiger partial charge in [-0.3, -0.25) is 0 Å². The predicted molar refractivity (Wildman–Crippen MR) is 28.4 cm³/mol. The van der Waals surface area contributed by atoms with Crippen LogP contribution in [0, 0.1) is 0 Å². The molecule has 0 fully saturated rings. The number of rotatable bonds is 2. The topological polar surface area (TPSA) is 185 Å². The Labute approximate surface area is 82.4 Å². The third-order valence-electron chi connectivity index (χ3n) is 0.200. The number of phosphoric acid groups is 2. The molecule has 2 N–H and O–H groups in total. The van der Waals surface area contributed by atoms with Gasteiger partial charge < -0.3 is 28.7 Å². The second kappa shape index (κ2) is 8.03. The molecule has 0 bridgehead atoms. The third kappa shape index (κ3) is 32.4. The van der Waals surface area contributed by atoms with E-state index in [0.717, 1.165) is 0 Å². The van der Waals surface area contributed by atoms with Gasteiger partial charge in [0.1, 0.15) is 0 Å². The molecule has 0 unspecified atom stereocenters. The molecule has 0 heterocycles. The van der Waals surface area contributed by atoms with Crippen molar-refractivity contribution in [1.29, 1.82) is 0 Å². The van der Waals surface area contributed by atoms with Crippen LogP contribution in [-0.4, -0.2) is 28.1 Å². The normalized spacial score (nSPS) is 10.9. The first-order chi connectivity index (χ1) is 5.12. The molecule has 13 heavy (non-hydrogen) atoms. The van der Waals surface area contributed by atoms with Gasteiger partial charge in [0, 0.05) is 0 Å². The Morgan fingerprint density at radius 1 is 0.846 bits per heavy atom. The summed E-state index contributed by atoms with van der Waals surface area (Å²) in [6.45, 7) is 0. The van der Waals surface area contributed by atoms with E-state index in [0.29, 0.717) is 0 Å². The summed E-state index contributed by atoms with van der Waals surface area (Å²) in [5.41, 5.74) is 0. The SMILES string of the molecule is O=P([O-])([O-])OO.O=P([O-])([O-])OO.[Ge+4]. The maximum atomic E-state index is 9.00. The van der Waals surface area contributed by atoms with Crippen molar-refractivity contribution < 1.29 is 48.6 Å². The molecule has 10 nitrogen and oxygen atoms in total. The van der Waals surface area contributed by atoms with Gasteiger partial charge in [-0.05, 0) is 0 Å². The Hall–Kier alpha value is 0.683. The van der Waals surface area contributed by atoms with Crippen molar-refractivity contribution in [2.75, 3.05) is 0 Å². The van der Waals surface area contributed by atoms with E-state index in [-0.39, 0.29) is 17.6 Å². The van der Waals surface area contributed by atoms with Gasteiger partial charge in [0.25, 0.3) is 0 Å². The summed E-state index contributed by atoms with van der Waals surface area (Å²) < 4.78 is 22.8. The minimum atomic E-state index is -5.09. The molecule has 0 aromatic heterocycles. The van der Waals surface area contributed by atoms with Gasteiger partial charge in [0.05, 0.1) is 15.6 Å². The Morgan fingerprint density at radius 3 is 0.923 bits per heavy atom. The van der Waals surface area contributed by atoms with Crippen molar-refractivity contribution in [3.8, 4) is 0 Å². The second-order valence-corrected chi connectivity index (χ2v) is 3.17. The number of hydrogen-bond donors (Lipinski definition) is 2. The molecule has 0 aliphatic rings. The standard InChI is InChI=1S/Ge.2H3O5P/c;2*1-5-6(2,3)4/h;2*1H,(H2,2,3,4)/q+4;;/p-4. The van der Waals surface area contributed by atoms with Crippen LogP contribution >= 0.6 is 15.6 Å². The van der Waals surface area contributed by atoms with Gasteiger partial charge in [0.2, 0.25) is 0 Å². The van der Waals surface area contributed by atoms with Crippen LogP contribution in [0.1, 0.15) is 0 Å². The Kier molecular flexibility index (Phi) is 11.9. The van der Waals surface area contributed by atoms with Crippen molar-refractivity contribution in [3.05, 3.63) is 0 Å². The summed E-state index contributed by atoms with van der Waals surface area (Å²) >= 11 is 0. The summed E-state index contributed by atoms with van der Waals surface area (Å²) in [5.74, 6) is 0. The fourth-order valence-corrected chi connectivity index (χ4v) is 0. The molecule has 0 spiro atoms. The minimum absolute atomic E-state index is 0. The molecule has 0 saturated heterocycles. The van der Waals surface area contributed by atoms with Crippen LogP contribution in [0.5, 0.6) is 0 Å². The van der Waals surface area contributed by atoms with Crippen molar-refractivity contribution in [2.24, 2.45) is 0 Å². The predicted octanol–water partition coefficient (Wildman–Crippen LogP) is -3.77. The summed E-state index contributed by atoms with van der Waals surface area (Å²) in [7, 11) is -10.2. The largest absolute Gasteiger partial charge is 4.00 e. The van der Waals surface area contributed by atoms with Crippen LogP contribution in [-0.2, 0) is 18.5 Å². The van der Waals surface area contributed by atoms with Crippen molar-refractivity contribution in [1.82, 2.24) is 0 Å². The van der Waals surface area contributed by atoms with E-state index in [4.69, 9.17) is 39.2 Å². The molecule has 76 valence electrons. The fourth-order valence-electron chi connectivity index (χ4n) is 0. The van der Waals surface area contributed by atoms with Crippen LogP contribution in [0.2, 0.25) is 0 Å². The summed E-state index contributed by atoms with van der Waals surface area (Å²) in [4.78, 5) is 36.0. The quantitative estimate of drug-likeness (QED) is 0.222. The fraction of sp³-hybridized carbons (Fsp3) is 0. The van der Waals surface area contributed by atoms with Crippen LogP contribution < -0.4 is 19.6 Å². The van der Waals surface area contributed by atoms with Crippen LogP contribution in [0.4, 0.5) is 0 Å². The summed E-state index contributed by atoms with van der Waals surface area (Å²) in [6, 6.07) is 0. The zero-order chi connectivity index (χ0) is 10.4. The molecule has 0 aromatic carbocycles. The van der Waals surface area contributed by atoms with Gasteiger partial charge in [-0.15, -0.1) is 0 Å². The molecule has 0 saturated carbocycles. The zero-order valence-corrected chi connectivity index (χ0v) is 9.44. The van der Waals surface area contributed by atoms with Gasteiger partial charge in [-0.2, -0.15) is 0 Å². The van der Waals surface area contributed by atoms with Crippen molar-refractivity contribution >= 4 is 33.2 Å². The molecule has 0 atom stereocenters. The maximum Gasteiger partial charge on any atom is 4.00 e. The van der Waals surface area contributed by atoms with E-state index < -0.39 is 15.6 Å². The Balaban J connectivity index is -0.000000143. The number of hydrogen-bond acceptors (Lipinski definition) is 10. The molecule has 0 rings (SSSR count). The summed E-state index contributed by atoms with van der Waals surface area (Å²) in [6.07, 6.45) is 0. The monoisotopic (exact) mass is 298 g/mol. The van der Waals surface area contributed by atoms with Crippen LogP contribution in [0.25, 0.3) is 0 Å². The minimum Gasteiger partial charge on any atom is -0.788 e. The Bertz CT molecular complexity index is 163. The van der Waals surface area contributed by atoms with Crippen LogP contribution in [0.3, 0.4) is 0 Å². The third-order valence-corrected chi connectivity index (χ3v) is 0.600. The molecule has 13 heteroatoms. The molecular formula is H2GeO10P2. The molecule has 0 aliphatic heterocycles. The first-order valence-electron chi connectivity index (χ1n) is 1.83. The maximum absolute atomic E-state index is 9.00. The molecule has 0 aromatic rings. The Morgan fingerprint density at radius 2 is 0.923 bits per heavy atom. The average molecular weight is 297 g/mol. The van der Waals surface area contributed by atoms with E-state index in [1.54, 1.807) is 0 Å². The van der Waals surface area contributed by atoms with E-state index in [2.05, 4.69) is 9.35 Å². The zero-order valence-electron chi connectivity index (χ0n) is 5.55. The smallest absolute Gasteiger partial charge is 0.788 e. The van der Waals surface area contributed by atoms with Gasteiger partial charge >= 0.3 is 17.6 Å². The van der Waals surface area contributed by atoms with Gasteiger partial charge in [-0.25, -0.2) is 19.9 Å². The molecule has 0 radical (unpaired) electrons. The first kappa shape index (κ1) is 19.3. The van der Waals surface area contributed by atoms with Crippen molar-refractivity contribution in [3.63, 3.8) is 0 Å². The molecule has 0 amide bonds. The van der Waals surface area contributed by atoms with E-state index in [9.17, 15) is 0 Å². The van der Waals surface area contributed by atoms with Gasteiger partial charge in [-0.1, -0.05) is 0 Å². The molecule has 0 aliphatic carbocycles. The van der Waals surface area contributed by atoms with Crippen molar-refractivity contribution in [2.45, 2.75) is 0 Å². The first-order valence-corrected chi connectivity index (χ1v) is 4.75. The molecular weight excluding hydrogens is 295 g/mol. The van der Waals surface area contributed by atoms with E-state index >= 15 is 0 Å². The average Bonchev–Trinajstić information content (AvgIpc) is 1.86. The second-order valence-electron chi connectivity index (χ2n) is 1.06. The summed E-state index contributed by atoms with van der Waals surface area (Å²) in [5, 5.41) is 14.0. The van der Waals surface area contributed by atoms with Crippen LogP contribution in [0.15, 0.2) is 0 Å².